The van der Waals surface area contributed by atoms with E-state index >= 15 is 0 Å². The lowest BCUT2D eigenvalue weighted by molar-refractivity contribution is 0.198. The van der Waals surface area contributed by atoms with E-state index in [-0.39, 0.29) is 22.3 Å². The summed E-state index contributed by atoms with van der Waals surface area (Å²) in [5.41, 5.74) is 1.06. The largest absolute Gasteiger partial charge is 0.299 e. The molecule has 1 fully saturated rings. The standard InChI is InChI=1S/C18H18ClFN4O3S/c19-14-3-1-4-15(20)13(14)11-24-9-7-12(8-10-24)23-28(25,26)17-6-2-5-16-18(17)22-27-21-16/h1-6,12,23H,7-11H2. The maximum atomic E-state index is 14.0. The van der Waals surface area contributed by atoms with Gasteiger partial charge in [-0.05, 0) is 47.4 Å². The second-order valence-electron chi connectivity index (χ2n) is 6.76. The Bertz CT molecular complexity index is 1080. The van der Waals surface area contributed by atoms with Gasteiger partial charge in [0, 0.05) is 36.3 Å². The molecular formula is C18H18ClFN4O3S. The molecule has 1 aliphatic heterocycles. The van der Waals surface area contributed by atoms with Crippen molar-refractivity contribution in [2.24, 2.45) is 0 Å². The monoisotopic (exact) mass is 424 g/mol. The molecule has 4 rings (SSSR count). The normalized spacial score (nSPS) is 16.6. The van der Waals surface area contributed by atoms with E-state index in [0.717, 1.165) is 0 Å². The molecule has 0 radical (unpaired) electrons. The van der Waals surface area contributed by atoms with E-state index in [0.29, 0.717) is 48.6 Å². The summed E-state index contributed by atoms with van der Waals surface area (Å²) in [5, 5.41) is 7.77. The summed E-state index contributed by atoms with van der Waals surface area (Å²) in [6.07, 6.45) is 1.22. The van der Waals surface area contributed by atoms with Gasteiger partial charge in [0.05, 0.1) is 0 Å². The van der Waals surface area contributed by atoms with E-state index < -0.39 is 10.0 Å². The third-order valence-electron chi connectivity index (χ3n) is 4.89. The van der Waals surface area contributed by atoms with Crippen LogP contribution in [0.5, 0.6) is 0 Å². The molecule has 2 aromatic carbocycles. The van der Waals surface area contributed by atoms with Gasteiger partial charge in [0.15, 0.2) is 5.52 Å². The number of benzene rings is 2. The zero-order valence-electron chi connectivity index (χ0n) is 14.8. The molecule has 7 nitrogen and oxygen atoms in total. The van der Waals surface area contributed by atoms with Crippen LogP contribution < -0.4 is 4.72 Å². The van der Waals surface area contributed by atoms with E-state index in [1.54, 1.807) is 24.3 Å². The first-order chi connectivity index (χ1) is 13.4. The first kappa shape index (κ1) is 19.3. The Morgan fingerprint density at radius 2 is 1.93 bits per heavy atom. The number of likely N-dealkylation sites (tertiary alicyclic amines) is 1. The van der Waals surface area contributed by atoms with E-state index in [4.69, 9.17) is 11.6 Å². The summed E-state index contributed by atoms with van der Waals surface area (Å²) < 4.78 is 46.9. The Morgan fingerprint density at radius 3 is 2.68 bits per heavy atom. The van der Waals surface area contributed by atoms with Crippen LogP contribution in [0, 0.1) is 5.82 Å². The number of nitrogens with zero attached hydrogens (tertiary/aromatic N) is 3. The second kappa shape index (κ2) is 7.75. The highest BCUT2D eigenvalue weighted by Crippen LogP contribution is 2.24. The minimum Gasteiger partial charge on any atom is -0.299 e. The Labute approximate surface area is 166 Å². The van der Waals surface area contributed by atoms with Crippen LogP contribution in [0.15, 0.2) is 45.9 Å². The van der Waals surface area contributed by atoms with Crippen molar-refractivity contribution in [2.45, 2.75) is 30.3 Å². The summed E-state index contributed by atoms with van der Waals surface area (Å²) >= 11 is 6.09. The number of hydrogen-bond donors (Lipinski definition) is 1. The highest BCUT2D eigenvalue weighted by atomic mass is 35.5. The van der Waals surface area contributed by atoms with E-state index in [1.165, 1.54) is 12.1 Å². The fraction of sp³-hybridized carbons (Fsp3) is 0.333. The highest BCUT2D eigenvalue weighted by molar-refractivity contribution is 7.89. The highest BCUT2D eigenvalue weighted by Gasteiger charge is 2.27. The molecule has 0 aliphatic carbocycles. The van der Waals surface area contributed by atoms with Gasteiger partial charge in [-0.3, -0.25) is 4.90 Å². The lowest BCUT2D eigenvalue weighted by Gasteiger charge is -2.32. The topological polar surface area (TPSA) is 88.3 Å². The summed E-state index contributed by atoms with van der Waals surface area (Å²) in [6.45, 7) is 1.66. The molecule has 1 aliphatic rings. The van der Waals surface area contributed by atoms with Crippen molar-refractivity contribution in [3.05, 3.63) is 52.8 Å². The van der Waals surface area contributed by atoms with Crippen molar-refractivity contribution in [1.29, 1.82) is 0 Å². The zero-order chi connectivity index (χ0) is 19.7. The van der Waals surface area contributed by atoms with Crippen LogP contribution in [0.25, 0.3) is 11.0 Å². The number of halogens is 2. The number of piperidine rings is 1. The Hall–Kier alpha value is -2.07. The molecule has 0 unspecified atom stereocenters. The SMILES string of the molecule is O=S(=O)(NC1CCN(Cc2c(F)cccc2Cl)CC1)c1cccc2nonc12. The third kappa shape index (κ3) is 3.88. The minimum absolute atomic E-state index is 0.0480. The van der Waals surface area contributed by atoms with Gasteiger partial charge in [-0.15, -0.1) is 0 Å². The van der Waals surface area contributed by atoms with Crippen LogP contribution in [0.4, 0.5) is 4.39 Å². The number of aromatic nitrogens is 2. The number of nitrogens with one attached hydrogen (secondary N) is 1. The minimum atomic E-state index is -3.76. The molecule has 1 N–H and O–H groups in total. The molecule has 0 spiro atoms. The van der Waals surface area contributed by atoms with Gasteiger partial charge in [-0.2, -0.15) is 0 Å². The van der Waals surface area contributed by atoms with Crippen LogP contribution in [-0.4, -0.2) is 42.8 Å². The molecule has 0 amide bonds. The molecule has 148 valence electrons. The quantitative estimate of drug-likeness (QED) is 0.677. The fourth-order valence-corrected chi connectivity index (χ4v) is 5.08. The fourth-order valence-electron chi connectivity index (χ4n) is 3.40. The van der Waals surface area contributed by atoms with Gasteiger partial charge in [-0.1, -0.05) is 23.7 Å². The van der Waals surface area contributed by atoms with Crippen LogP contribution in [0.3, 0.4) is 0 Å². The van der Waals surface area contributed by atoms with Crippen LogP contribution >= 0.6 is 11.6 Å². The van der Waals surface area contributed by atoms with E-state index in [2.05, 4.69) is 24.6 Å². The molecule has 0 atom stereocenters. The number of fused-ring (bicyclic) bond motifs is 1. The maximum absolute atomic E-state index is 14.0. The third-order valence-corrected chi connectivity index (χ3v) is 6.80. The molecule has 10 heteroatoms. The lowest BCUT2D eigenvalue weighted by Crippen LogP contribution is -2.44. The Balaban J connectivity index is 1.41. The summed E-state index contributed by atoms with van der Waals surface area (Å²) in [4.78, 5) is 2.11. The summed E-state index contributed by atoms with van der Waals surface area (Å²) in [7, 11) is -3.76. The Morgan fingerprint density at radius 1 is 1.18 bits per heavy atom. The molecule has 28 heavy (non-hydrogen) atoms. The van der Waals surface area contributed by atoms with Crippen LogP contribution in [0.2, 0.25) is 5.02 Å². The van der Waals surface area contributed by atoms with Crippen molar-refractivity contribution < 1.29 is 17.4 Å². The summed E-state index contributed by atoms with van der Waals surface area (Å²) in [5.74, 6) is -0.329. The van der Waals surface area contributed by atoms with Gasteiger partial charge >= 0.3 is 0 Å². The first-order valence-corrected chi connectivity index (χ1v) is 10.7. The summed E-state index contributed by atoms with van der Waals surface area (Å²) in [6, 6.07) is 9.13. The van der Waals surface area contributed by atoms with Crippen LogP contribution in [0.1, 0.15) is 18.4 Å². The van der Waals surface area contributed by atoms with Gasteiger partial charge in [0.2, 0.25) is 10.0 Å². The zero-order valence-corrected chi connectivity index (χ0v) is 16.4. The van der Waals surface area contributed by atoms with Crippen molar-refractivity contribution in [3.8, 4) is 0 Å². The molecule has 0 saturated carbocycles. The molecule has 1 aromatic heterocycles. The molecular weight excluding hydrogens is 407 g/mol. The van der Waals surface area contributed by atoms with Gasteiger partial charge in [0.25, 0.3) is 0 Å². The van der Waals surface area contributed by atoms with Crippen LogP contribution in [-0.2, 0) is 16.6 Å². The van der Waals surface area contributed by atoms with E-state index in [9.17, 15) is 12.8 Å². The molecule has 3 aromatic rings. The predicted octanol–water partition coefficient (Wildman–Crippen LogP) is 2.96. The van der Waals surface area contributed by atoms with Gasteiger partial charge in [0.1, 0.15) is 16.2 Å². The van der Waals surface area contributed by atoms with E-state index in [1.807, 2.05) is 0 Å². The number of hydrogen-bond acceptors (Lipinski definition) is 6. The average molecular weight is 425 g/mol. The molecule has 1 saturated heterocycles. The first-order valence-electron chi connectivity index (χ1n) is 8.83. The van der Waals surface area contributed by atoms with Gasteiger partial charge in [-0.25, -0.2) is 22.2 Å². The molecule has 0 bridgehead atoms. The lowest BCUT2D eigenvalue weighted by atomic mass is 10.1. The van der Waals surface area contributed by atoms with Crippen molar-refractivity contribution >= 4 is 32.7 Å². The number of sulfonamides is 1. The predicted molar refractivity (Wildman–Crippen MR) is 102 cm³/mol. The van der Waals surface area contributed by atoms with Crippen molar-refractivity contribution in [1.82, 2.24) is 19.9 Å². The second-order valence-corrected chi connectivity index (χ2v) is 8.85. The van der Waals surface area contributed by atoms with Gasteiger partial charge < -0.3 is 0 Å². The smallest absolute Gasteiger partial charge is 0.243 e. The average Bonchev–Trinajstić information content (AvgIpc) is 3.14. The Kier molecular flexibility index (Phi) is 5.33. The molecule has 2 heterocycles. The van der Waals surface area contributed by atoms with Crippen molar-refractivity contribution in [3.63, 3.8) is 0 Å². The maximum Gasteiger partial charge on any atom is 0.243 e. The van der Waals surface area contributed by atoms with Crippen molar-refractivity contribution in [2.75, 3.05) is 13.1 Å². The number of rotatable bonds is 5.